The number of hydrazine groups is 2. The molecule has 312 valence electrons. The van der Waals surface area contributed by atoms with Crippen LogP contribution in [0, 0.1) is 0 Å². The standard InChI is InChI=1S/C25H23ClN2O3S2.C20H14BrClN2O2S2/c26-20-3-1-2-4-21(20)33-23-24(29)27-28(25(23)30)22(19-11-14-32-15-19)18-7-5-16(6-8-18)17-9-12-31-13-10-17;21-14-7-5-12(6-8-14)17(13-9-10-27-11-13)24-20(26)18(19(25)23-24)28-16-4-2-1-3-15(16)22/h1-8,11,14-15,17,22-23H,9-10,12-13H2,(H,27,29);1-11,17-18H,(H,23,25). The number of carbonyl (C=O) groups is 4. The van der Waals surface area contributed by atoms with E-state index in [1.165, 1.54) is 39.1 Å². The summed E-state index contributed by atoms with van der Waals surface area (Å²) in [6, 6.07) is 33.8. The smallest absolute Gasteiger partial charge is 0.265 e. The molecule has 0 bridgehead atoms. The van der Waals surface area contributed by atoms with Gasteiger partial charge in [0.1, 0.15) is 12.1 Å². The second kappa shape index (κ2) is 19.9. The Labute approximate surface area is 388 Å². The van der Waals surface area contributed by atoms with E-state index in [0.29, 0.717) is 25.8 Å². The van der Waals surface area contributed by atoms with Crippen molar-refractivity contribution in [3.05, 3.63) is 173 Å². The van der Waals surface area contributed by atoms with Crippen molar-refractivity contribution in [2.24, 2.45) is 0 Å². The summed E-state index contributed by atoms with van der Waals surface area (Å²) < 4.78 is 6.44. The highest BCUT2D eigenvalue weighted by Crippen LogP contribution is 2.40. The van der Waals surface area contributed by atoms with Gasteiger partial charge in [-0.05, 0) is 117 Å². The minimum absolute atomic E-state index is 0.269. The lowest BCUT2D eigenvalue weighted by Crippen LogP contribution is -2.39. The number of nitrogens with zero attached hydrogens (tertiary/aromatic N) is 2. The molecule has 5 heterocycles. The summed E-state index contributed by atoms with van der Waals surface area (Å²) in [5.74, 6) is -0.725. The molecule has 4 unspecified atom stereocenters. The summed E-state index contributed by atoms with van der Waals surface area (Å²) in [7, 11) is 0. The van der Waals surface area contributed by atoms with E-state index in [9.17, 15) is 19.2 Å². The number of amides is 4. The number of carbonyl (C=O) groups excluding carboxylic acids is 4. The van der Waals surface area contributed by atoms with Crippen LogP contribution in [0.2, 0.25) is 10.0 Å². The van der Waals surface area contributed by atoms with Crippen LogP contribution in [-0.2, 0) is 23.9 Å². The lowest BCUT2D eigenvalue weighted by atomic mass is 9.90. The molecule has 0 radical (unpaired) electrons. The molecule has 0 aliphatic carbocycles. The molecule has 3 aliphatic rings. The van der Waals surface area contributed by atoms with Crippen molar-refractivity contribution in [2.45, 2.75) is 51.1 Å². The molecule has 9 rings (SSSR count). The minimum atomic E-state index is -0.882. The number of hydrogen-bond donors (Lipinski definition) is 2. The molecule has 3 fully saturated rings. The quantitative estimate of drug-likeness (QED) is 0.125. The van der Waals surface area contributed by atoms with Gasteiger partial charge in [-0.2, -0.15) is 22.7 Å². The number of halogens is 3. The van der Waals surface area contributed by atoms with E-state index in [2.05, 4.69) is 51.0 Å². The Hall–Kier alpha value is -4.12. The van der Waals surface area contributed by atoms with Gasteiger partial charge in [0.05, 0.1) is 10.0 Å². The second-order valence-electron chi connectivity index (χ2n) is 14.2. The van der Waals surface area contributed by atoms with Crippen molar-refractivity contribution in [3.63, 3.8) is 0 Å². The van der Waals surface area contributed by atoms with E-state index in [1.807, 2.05) is 88.3 Å². The van der Waals surface area contributed by atoms with Gasteiger partial charge in [0, 0.05) is 27.5 Å². The van der Waals surface area contributed by atoms with Crippen LogP contribution >= 0.6 is 85.3 Å². The molecule has 0 spiro atoms. The van der Waals surface area contributed by atoms with E-state index in [0.717, 1.165) is 52.8 Å². The molecular weight excluding hydrogens is 956 g/mol. The van der Waals surface area contributed by atoms with Crippen LogP contribution in [0.1, 0.15) is 58.7 Å². The van der Waals surface area contributed by atoms with E-state index in [4.69, 9.17) is 27.9 Å². The summed E-state index contributed by atoms with van der Waals surface area (Å²) in [6.07, 6.45) is 2.05. The van der Waals surface area contributed by atoms with Gasteiger partial charge in [0.15, 0.2) is 10.5 Å². The van der Waals surface area contributed by atoms with Gasteiger partial charge in [0.2, 0.25) is 0 Å². The maximum atomic E-state index is 13.4. The number of nitrogens with one attached hydrogen (secondary N) is 2. The zero-order valence-corrected chi connectivity index (χ0v) is 38.5. The minimum Gasteiger partial charge on any atom is -0.381 e. The van der Waals surface area contributed by atoms with Crippen LogP contribution in [0.3, 0.4) is 0 Å². The highest BCUT2D eigenvalue weighted by molar-refractivity contribution is 9.10. The maximum Gasteiger partial charge on any atom is 0.265 e. The van der Waals surface area contributed by atoms with Gasteiger partial charge in [0.25, 0.3) is 23.6 Å². The number of thioether (sulfide) groups is 2. The maximum absolute atomic E-state index is 13.4. The SMILES string of the molecule is O=C1NN(C(c2ccc(Br)cc2)c2ccsc2)C(=O)C1Sc1ccccc1Cl.O=C1NN(C(c2ccc(C3CCOCC3)cc2)c2ccsc2)C(=O)C1Sc1ccccc1Cl. The first kappa shape index (κ1) is 43.5. The molecule has 0 saturated carbocycles. The average molecular weight is 993 g/mol. The fourth-order valence-corrected chi connectivity index (χ4v) is 11.4. The second-order valence-corrected chi connectivity index (χ2v) is 19.8. The highest BCUT2D eigenvalue weighted by Gasteiger charge is 2.45. The highest BCUT2D eigenvalue weighted by atomic mass is 79.9. The first-order valence-electron chi connectivity index (χ1n) is 19.2. The molecule has 3 aliphatic heterocycles. The molecule has 2 aromatic heterocycles. The number of benzene rings is 4. The summed E-state index contributed by atoms with van der Waals surface area (Å²) in [5, 5.41) is 10.1. The van der Waals surface area contributed by atoms with Gasteiger partial charge in [-0.3, -0.25) is 30.0 Å². The van der Waals surface area contributed by atoms with Crippen molar-refractivity contribution >= 4 is 109 Å². The average Bonchev–Trinajstić information content (AvgIpc) is 4.10. The molecule has 2 N–H and O–H groups in total. The Morgan fingerprint density at radius 3 is 1.48 bits per heavy atom. The Morgan fingerprint density at radius 2 is 1.05 bits per heavy atom. The Bertz CT molecular complexity index is 2490. The van der Waals surface area contributed by atoms with Crippen molar-refractivity contribution in [1.29, 1.82) is 0 Å². The van der Waals surface area contributed by atoms with Gasteiger partial charge in [-0.1, -0.05) is 99.8 Å². The monoisotopic (exact) mass is 990 g/mol. The Morgan fingerprint density at radius 1 is 0.607 bits per heavy atom. The fraction of sp³-hybridized carbons (Fsp3) is 0.200. The van der Waals surface area contributed by atoms with Gasteiger partial charge >= 0.3 is 0 Å². The van der Waals surface area contributed by atoms with Crippen LogP contribution in [-0.4, -0.2) is 57.4 Å². The largest absolute Gasteiger partial charge is 0.381 e. The zero-order chi connectivity index (χ0) is 42.5. The van der Waals surface area contributed by atoms with E-state index in [1.54, 1.807) is 40.9 Å². The molecule has 4 aromatic carbocycles. The van der Waals surface area contributed by atoms with Crippen molar-refractivity contribution in [3.8, 4) is 0 Å². The molecule has 6 aromatic rings. The zero-order valence-electron chi connectivity index (χ0n) is 32.1. The van der Waals surface area contributed by atoms with Crippen LogP contribution in [0.4, 0.5) is 0 Å². The van der Waals surface area contributed by atoms with E-state index in [-0.39, 0.29) is 23.6 Å². The van der Waals surface area contributed by atoms with Crippen LogP contribution in [0.15, 0.2) is 145 Å². The molecule has 4 amide bonds. The molecule has 4 atom stereocenters. The number of hydrogen-bond acceptors (Lipinski definition) is 9. The molecule has 9 nitrogen and oxygen atoms in total. The normalized spacial score (nSPS) is 19.0. The topological polar surface area (TPSA) is 108 Å². The summed E-state index contributed by atoms with van der Waals surface area (Å²) >= 11 is 21.4. The third kappa shape index (κ3) is 9.92. The molecular formula is C45H37BrCl2N4O5S4. The first-order valence-corrected chi connectivity index (χ1v) is 24.4. The number of thiophene rings is 2. The van der Waals surface area contributed by atoms with Crippen molar-refractivity contribution in [1.82, 2.24) is 20.9 Å². The van der Waals surface area contributed by atoms with Gasteiger partial charge in [-0.15, -0.1) is 23.5 Å². The third-order valence-electron chi connectivity index (χ3n) is 10.4. The van der Waals surface area contributed by atoms with Crippen molar-refractivity contribution < 1.29 is 23.9 Å². The van der Waals surface area contributed by atoms with Crippen molar-refractivity contribution in [2.75, 3.05) is 13.2 Å². The third-order valence-corrected chi connectivity index (χ3v) is 15.7. The number of rotatable bonds is 11. The summed E-state index contributed by atoms with van der Waals surface area (Å²) in [6.45, 7) is 1.59. The Kier molecular flexibility index (Phi) is 14.2. The molecule has 3 saturated heterocycles. The van der Waals surface area contributed by atoms with Crippen LogP contribution in [0.5, 0.6) is 0 Å². The van der Waals surface area contributed by atoms with Crippen LogP contribution < -0.4 is 10.9 Å². The predicted molar refractivity (Wildman–Crippen MR) is 248 cm³/mol. The first-order chi connectivity index (χ1) is 29.7. The fourth-order valence-electron chi connectivity index (χ4n) is 7.34. The Balaban J connectivity index is 0.000000171. The summed E-state index contributed by atoms with van der Waals surface area (Å²) in [4.78, 5) is 53.5. The summed E-state index contributed by atoms with van der Waals surface area (Å²) in [5.41, 5.74) is 10.7. The molecule has 16 heteroatoms. The lowest BCUT2D eigenvalue weighted by Gasteiger charge is -2.28. The number of ether oxygens (including phenoxy) is 1. The van der Waals surface area contributed by atoms with Crippen LogP contribution in [0.25, 0.3) is 0 Å². The lowest BCUT2D eigenvalue weighted by molar-refractivity contribution is -0.131. The molecule has 61 heavy (non-hydrogen) atoms. The van der Waals surface area contributed by atoms with E-state index < -0.39 is 22.6 Å². The van der Waals surface area contributed by atoms with E-state index >= 15 is 0 Å². The van der Waals surface area contributed by atoms with Gasteiger partial charge in [-0.25, -0.2) is 10.0 Å². The van der Waals surface area contributed by atoms with Gasteiger partial charge < -0.3 is 4.74 Å². The predicted octanol–water partition coefficient (Wildman–Crippen LogP) is 10.7.